The Labute approximate surface area is 82.5 Å². The van der Waals surface area contributed by atoms with Crippen LogP contribution in [0, 0.1) is 0 Å². The van der Waals surface area contributed by atoms with Crippen LogP contribution in [-0.2, 0) is 6.54 Å². The van der Waals surface area contributed by atoms with Gasteiger partial charge in [0.05, 0.1) is 6.61 Å². The summed E-state index contributed by atoms with van der Waals surface area (Å²) in [6.45, 7) is 1.90. The largest absolute Gasteiger partial charge is 0.396 e. The van der Waals surface area contributed by atoms with E-state index in [2.05, 4.69) is 5.32 Å². The molecule has 0 radical (unpaired) electrons. The molecule has 0 spiro atoms. The van der Waals surface area contributed by atoms with Crippen molar-refractivity contribution in [3.05, 3.63) is 34.3 Å². The molecule has 1 aromatic rings. The first-order valence-corrected chi connectivity index (χ1v) is 4.79. The van der Waals surface area contributed by atoms with E-state index in [9.17, 15) is 0 Å². The predicted octanol–water partition coefficient (Wildman–Crippen LogP) is 1.52. The third kappa shape index (κ3) is 1.70. The van der Waals surface area contributed by atoms with Gasteiger partial charge in [-0.3, -0.25) is 0 Å². The van der Waals surface area contributed by atoms with Crippen LogP contribution in [0.3, 0.4) is 0 Å². The Balaban J connectivity index is 2.40. The number of hydrogen-bond donors (Lipinski definition) is 2. The van der Waals surface area contributed by atoms with E-state index in [1.165, 1.54) is 11.1 Å². The number of fused-ring (bicyclic) bond motifs is 1. The van der Waals surface area contributed by atoms with Crippen LogP contribution in [0.25, 0.3) is 0 Å². The highest BCUT2D eigenvalue weighted by molar-refractivity contribution is 6.30. The first-order valence-electron chi connectivity index (χ1n) is 4.41. The molecule has 2 N–H and O–H groups in total. The number of benzene rings is 1. The minimum Gasteiger partial charge on any atom is -0.396 e. The summed E-state index contributed by atoms with van der Waals surface area (Å²) in [6.07, 6.45) is 0. The molecule has 1 aliphatic heterocycles. The fourth-order valence-electron chi connectivity index (χ4n) is 1.78. The van der Waals surface area contributed by atoms with Gasteiger partial charge in [-0.05, 0) is 23.3 Å². The highest BCUT2D eigenvalue weighted by atomic mass is 35.5. The molecule has 13 heavy (non-hydrogen) atoms. The zero-order chi connectivity index (χ0) is 9.26. The minimum absolute atomic E-state index is 0.196. The number of hydrogen-bond acceptors (Lipinski definition) is 2. The lowest BCUT2D eigenvalue weighted by Gasteiger charge is -2.24. The smallest absolute Gasteiger partial charge is 0.0512 e. The molecule has 1 unspecified atom stereocenters. The maximum atomic E-state index is 9.13. The molecule has 0 saturated heterocycles. The van der Waals surface area contributed by atoms with Crippen molar-refractivity contribution in [2.45, 2.75) is 12.5 Å². The van der Waals surface area contributed by atoms with E-state index in [-0.39, 0.29) is 12.5 Å². The lowest BCUT2D eigenvalue weighted by Crippen LogP contribution is -2.29. The predicted molar refractivity (Wildman–Crippen MR) is 53.0 cm³/mol. The average Bonchev–Trinajstić information content (AvgIpc) is 2.16. The first kappa shape index (κ1) is 9.00. The molecule has 70 valence electrons. The van der Waals surface area contributed by atoms with E-state index in [4.69, 9.17) is 16.7 Å². The highest BCUT2D eigenvalue weighted by Gasteiger charge is 2.18. The van der Waals surface area contributed by atoms with E-state index >= 15 is 0 Å². The highest BCUT2D eigenvalue weighted by Crippen LogP contribution is 2.25. The summed E-state index contributed by atoms with van der Waals surface area (Å²) in [6, 6.07) is 5.86. The Morgan fingerprint density at radius 2 is 2.38 bits per heavy atom. The summed E-state index contributed by atoms with van der Waals surface area (Å²) in [4.78, 5) is 0. The van der Waals surface area contributed by atoms with Crippen molar-refractivity contribution in [3.63, 3.8) is 0 Å². The van der Waals surface area contributed by atoms with Gasteiger partial charge in [0.1, 0.15) is 0 Å². The Bertz CT molecular complexity index is 314. The van der Waals surface area contributed by atoms with Crippen molar-refractivity contribution in [1.82, 2.24) is 5.32 Å². The summed E-state index contributed by atoms with van der Waals surface area (Å²) < 4.78 is 0. The summed E-state index contributed by atoms with van der Waals surface area (Å²) in [7, 11) is 0. The number of rotatable bonds is 1. The van der Waals surface area contributed by atoms with Gasteiger partial charge in [-0.15, -0.1) is 0 Å². The third-order valence-corrected chi connectivity index (χ3v) is 2.71. The average molecular weight is 198 g/mol. The fraction of sp³-hybridized carbons (Fsp3) is 0.400. The van der Waals surface area contributed by atoms with E-state index in [1.807, 2.05) is 18.2 Å². The number of halogens is 1. The van der Waals surface area contributed by atoms with Gasteiger partial charge in [-0.2, -0.15) is 0 Å². The SMILES string of the molecule is OCC1CNCc2cc(Cl)ccc21. The van der Waals surface area contributed by atoms with E-state index in [0.29, 0.717) is 0 Å². The molecule has 0 fully saturated rings. The molecular formula is C10H12ClNO. The van der Waals surface area contributed by atoms with Gasteiger partial charge in [0, 0.05) is 24.0 Å². The molecule has 1 aliphatic rings. The summed E-state index contributed by atoms with van der Waals surface area (Å²) in [5.41, 5.74) is 2.43. The van der Waals surface area contributed by atoms with E-state index in [0.717, 1.165) is 18.1 Å². The van der Waals surface area contributed by atoms with Gasteiger partial charge >= 0.3 is 0 Å². The van der Waals surface area contributed by atoms with Gasteiger partial charge in [0.25, 0.3) is 0 Å². The number of aliphatic hydroxyl groups is 1. The lowest BCUT2D eigenvalue weighted by atomic mass is 9.92. The molecule has 0 amide bonds. The van der Waals surface area contributed by atoms with Crippen LogP contribution < -0.4 is 5.32 Å². The number of aliphatic hydroxyl groups excluding tert-OH is 1. The Morgan fingerprint density at radius 1 is 1.54 bits per heavy atom. The molecule has 0 bridgehead atoms. The minimum atomic E-state index is 0.196. The van der Waals surface area contributed by atoms with Crippen molar-refractivity contribution in [2.24, 2.45) is 0 Å². The second kappa shape index (κ2) is 3.66. The fourth-order valence-corrected chi connectivity index (χ4v) is 1.97. The van der Waals surface area contributed by atoms with Crippen molar-refractivity contribution in [2.75, 3.05) is 13.2 Å². The Hall–Kier alpha value is -0.570. The van der Waals surface area contributed by atoms with Crippen molar-refractivity contribution >= 4 is 11.6 Å². The maximum Gasteiger partial charge on any atom is 0.0512 e. The number of nitrogens with one attached hydrogen (secondary N) is 1. The van der Waals surface area contributed by atoms with Gasteiger partial charge in [0.15, 0.2) is 0 Å². The van der Waals surface area contributed by atoms with E-state index in [1.54, 1.807) is 0 Å². The van der Waals surface area contributed by atoms with Crippen LogP contribution in [0.15, 0.2) is 18.2 Å². The second-order valence-corrected chi connectivity index (χ2v) is 3.79. The molecular weight excluding hydrogens is 186 g/mol. The Morgan fingerprint density at radius 3 is 3.15 bits per heavy atom. The van der Waals surface area contributed by atoms with Gasteiger partial charge in [0.2, 0.25) is 0 Å². The van der Waals surface area contributed by atoms with Crippen molar-refractivity contribution < 1.29 is 5.11 Å². The van der Waals surface area contributed by atoms with Crippen molar-refractivity contribution in [3.8, 4) is 0 Å². The van der Waals surface area contributed by atoms with Crippen LogP contribution in [0.1, 0.15) is 17.0 Å². The standard InChI is InChI=1S/C10H12ClNO/c11-9-1-2-10-7(3-9)4-12-5-8(10)6-13/h1-3,8,12-13H,4-6H2. The lowest BCUT2D eigenvalue weighted by molar-refractivity contribution is 0.256. The summed E-state index contributed by atoms with van der Waals surface area (Å²) >= 11 is 5.88. The summed E-state index contributed by atoms with van der Waals surface area (Å²) in [5, 5.41) is 13.1. The molecule has 0 saturated carbocycles. The quantitative estimate of drug-likeness (QED) is 0.716. The zero-order valence-electron chi connectivity index (χ0n) is 7.26. The summed E-state index contributed by atoms with van der Waals surface area (Å²) in [5.74, 6) is 0.223. The zero-order valence-corrected chi connectivity index (χ0v) is 8.01. The van der Waals surface area contributed by atoms with Crippen LogP contribution in [0.2, 0.25) is 5.02 Å². The molecule has 1 atom stereocenters. The van der Waals surface area contributed by atoms with Crippen molar-refractivity contribution in [1.29, 1.82) is 0 Å². The van der Waals surface area contributed by atoms with Crippen LogP contribution in [0.5, 0.6) is 0 Å². The van der Waals surface area contributed by atoms with Crippen LogP contribution in [0.4, 0.5) is 0 Å². The second-order valence-electron chi connectivity index (χ2n) is 3.35. The van der Waals surface area contributed by atoms with Gasteiger partial charge in [-0.1, -0.05) is 17.7 Å². The monoisotopic (exact) mass is 197 g/mol. The molecule has 2 nitrogen and oxygen atoms in total. The van der Waals surface area contributed by atoms with Crippen LogP contribution in [-0.4, -0.2) is 18.3 Å². The van der Waals surface area contributed by atoms with E-state index < -0.39 is 0 Å². The van der Waals surface area contributed by atoms with Crippen LogP contribution >= 0.6 is 11.6 Å². The normalized spacial score (nSPS) is 21.2. The van der Waals surface area contributed by atoms with Gasteiger partial charge in [-0.25, -0.2) is 0 Å². The third-order valence-electron chi connectivity index (χ3n) is 2.47. The Kier molecular flexibility index (Phi) is 2.54. The molecule has 3 heteroatoms. The molecule has 1 heterocycles. The molecule has 2 rings (SSSR count). The molecule has 0 aliphatic carbocycles. The first-order chi connectivity index (χ1) is 6.31. The molecule has 0 aromatic heterocycles. The molecule has 1 aromatic carbocycles. The van der Waals surface area contributed by atoms with Gasteiger partial charge < -0.3 is 10.4 Å². The maximum absolute atomic E-state index is 9.13. The topological polar surface area (TPSA) is 32.3 Å².